The van der Waals surface area contributed by atoms with Crippen molar-refractivity contribution in [2.24, 2.45) is 5.92 Å². The highest BCUT2D eigenvalue weighted by Crippen LogP contribution is 2.41. The Hall–Kier alpha value is -0.546. The molecule has 2 aliphatic rings. The average Bonchev–Trinajstić information content (AvgIpc) is 3.40. The second kappa shape index (κ2) is 13.5. The van der Waals surface area contributed by atoms with E-state index in [2.05, 4.69) is 78.0 Å². The van der Waals surface area contributed by atoms with Crippen molar-refractivity contribution in [3.05, 3.63) is 12.2 Å². The minimum absolute atomic E-state index is 0.0421. The molecule has 0 radical (unpaired) electrons. The van der Waals surface area contributed by atoms with Gasteiger partial charge in [-0.3, -0.25) is 0 Å². The second-order valence-electron chi connectivity index (χ2n) is 12.6. The number of hydrogen-bond acceptors (Lipinski definition) is 7. The third kappa shape index (κ3) is 9.97. The first-order chi connectivity index (χ1) is 16.6. The lowest BCUT2D eigenvalue weighted by atomic mass is 10.0. The van der Waals surface area contributed by atoms with Gasteiger partial charge in [-0.25, -0.2) is 0 Å². The Balaban J connectivity index is 2.26. The Labute approximate surface area is 221 Å². The maximum atomic E-state index is 10.9. The minimum Gasteiger partial charge on any atom is -0.411 e. The minimum atomic E-state index is -2.11. The molecule has 2 saturated heterocycles. The van der Waals surface area contributed by atoms with Crippen LogP contribution in [0.4, 0.5) is 0 Å². The summed E-state index contributed by atoms with van der Waals surface area (Å²) in [6, 6.07) is 0. The van der Waals surface area contributed by atoms with Gasteiger partial charge in [-0.15, -0.1) is 5.54 Å². The van der Waals surface area contributed by atoms with E-state index in [-0.39, 0.29) is 36.2 Å². The van der Waals surface area contributed by atoms with E-state index in [1.165, 1.54) is 0 Å². The zero-order chi connectivity index (χ0) is 27.1. The van der Waals surface area contributed by atoms with E-state index in [9.17, 15) is 5.11 Å². The highest BCUT2D eigenvalue weighted by Gasteiger charge is 2.48. The molecule has 0 aromatic heterocycles. The summed E-state index contributed by atoms with van der Waals surface area (Å²) in [5, 5.41) is 11.0. The summed E-state index contributed by atoms with van der Waals surface area (Å²) in [6.45, 7) is 21.2. The van der Waals surface area contributed by atoms with Crippen molar-refractivity contribution in [1.29, 1.82) is 0 Å². The molecular formula is C27H50O7Si2. The molecule has 0 aromatic carbocycles. The van der Waals surface area contributed by atoms with E-state index in [0.29, 0.717) is 19.6 Å². The van der Waals surface area contributed by atoms with Crippen LogP contribution in [0.15, 0.2) is 12.2 Å². The molecule has 0 aromatic rings. The van der Waals surface area contributed by atoms with E-state index < -0.39 is 34.7 Å². The Morgan fingerprint density at radius 3 is 2.28 bits per heavy atom. The van der Waals surface area contributed by atoms with Gasteiger partial charge in [-0.2, -0.15) is 0 Å². The molecular weight excluding hydrogens is 492 g/mol. The van der Waals surface area contributed by atoms with Gasteiger partial charge in [0.15, 0.2) is 14.6 Å². The van der Waals surface area contributed by atoms with Crippen LogP contribution in [-0.4, -0.2) is 85.4 Å². The highest BCUT2D eigenvalue weighted by molar-refractivity contribution is 6.83. The SMILES string of the molecule is COCO[C@H](/C=C/[C@H](C)CC1OCCO1)[C@@H]1O[C@@H]([C@H](O)C#C[Si](C)(C)C)C[C@@H]1O[Si](C)(C)C(C)(C)C. The molecule has 2 heterocycles. The van der Waals surface area contributed by atoms with Crippen LogP contribution in [-0.2, 0) is 28.1 Å². The van der Waals surface area contributed by atoms with Crippen molar-refractivity contribution < 1.29 is 33.2 Å². The summed E-state index contributed by atoms with van der Waals surface area (Å²) < 4.78 is 35.8. The number of allylic oxidation sites excluding steroid dienone is 1. The maximum Gasteiger partial charge on any atom is 0.192 e. The molecule has 36 heavy (non-hydrogen) atoms. The van der Waals surface area contributed by atoms with Gasteiger partial charge >= 0.3 is 0 Å². The molecule has 208 valence electrons. The Kier molecular flexibility index (Phi) is 11.9. The smallest absolute Gasteiger partial charge is 0.192 e. The molecule has 9 heteroatoms. The maximum absolute atomic E-state index is 10.9. The molecule has 0 aliphatic carbocycles. The van der Waals surface area contributed by atoms with Crippen molar-refractivity contribution >= 4 is 16.4 Å². The molecule has 0 saturated carbocycles. The van der Waals surface area contributed by atoms with E-state index in [0.717, 1.165) is 6.42 Å². The van der Waals surface area contributed by atoms with Crippen LogP contribution < -0.4 is 0 Å². The first kappa shape index (κ1) is 31.7. The quantitative estimate of drug-likeness (QED) is 0.175. The van der Waals surface area contributed by atoms with Gasteiger partial charge in [-0.1, -0.05) is 65.4 Å². The normalized spacial score (nSPS) is 26.7. The molecule has 6 atom stereocenters. The molecule has 0 amide bonds. The van der Waals surface area contributed by atoms with Crippen molar-refractivity contribution in [3.63, 3.8) is 0 Å². The van der Waals surface area contributed by atoms with Gasteiger partial charge in [-0.05, 0) is 24.1 Å². The van der Waals surface area contributed by atoms with Crippen LogP contribution in [0.1, 0.15) is 40.5 Å². The van der Waals surface area contributed by atoms with Crippen LogP contribution in [0.25, 0.3) is 0 Å². The third-order valence-electron chi connectivity index (χ3n) is 6.95. The van der Waals surface area contributed by atoms with Crippen molar-refractivity contribution in [3.8, 4) is 11.5 Å². The van der Waals surface area contributed by atoms with Gasteiger partial charge in [0.1, 0.15) is 33.2 Å². The molecule has 0 unspecified atom stereocenters. The molecule has 1 N–H and O–H groups in total. The summed E-state index contributed by atoms with van der Waals surface area (Å²) in [6.07, 6.45) is 3.03. The van der Waals surface area contributed by atoms with Gasteiger partial charge in [0.2, 0.25) is 0 Å². The molecule has 2 rings (SSSR count). The summed E-state index contributed by atoms with van der Waals surface area (Å²) >= 11 is 0. The summed E-state index contributed by atoms with van der Waals surface area (Å²) in [4.78, 5) is 0. The van der Waals surface area contributed by atoms with E-state index in [4.69, 9.17) is 28.1 Å². The van der Waals surface area contributed by atoms with Crippen molar-refractivity contribution in [1.82, 2.24) is 0 Å². The van der Waals surface area contributed by atoms with Crippen molar-refractivity contribution in [2.75, 3.05) is 27.1 Å². The lowest BCUT2D eigenvalue weighted by Crippen LogP contribution is -2.48. The van der Waals surface area contributed by atoms with Crippen LogP contribution >= 0.6 is 0 Å². The fourth-order valence-corrected chi connectivity index (χ4v) is 5.81. The number of aliphatic hydroxyl groups excluding tert-OH is 1. The lowest BCUT2D eigenvalue weighted by Gasteiger charge is -2.40. The van der Waals surface area contributed by atoms with E-state index in [1.807, 2.05) is 6.08 Å². The molecule has 2 aliphatic heterocycles. The van der Waals surface area contributed by atoms with E-state index >= 15 is 0 Å². The fourth-order valence-electron chi connectivity index (χ4n) is 3.89. The zero-order valence-electron chi connectivity index (χ0n) is 24.1. The fraction of sp³-hybridized carbons (Fsp3) is 0.852. The number of hydrogen-bond donors (Lipinski definition) is 1. The monoisotopic (exact) mass is 542 g/mol. The molecule has 2 fully saturated rings. The summed E-state index contributed by atoms with van der Waals surface area (Å²) in [5.74, 6) is 3.29. The molecule has 7 nitrogen and oxygen atoms in total. The topological polar surface area (TPSA) is 75.6 Å². The number of rotatable bonds is 11. The largest absolute Gasteiger partial charge is 0.411 e. The van der Waals surface area contributed by atoms with Crippen LogP contribution in [0, 0.1) is 17.4 Å². The zero-order valence-corrected chi connectivity index (χ0v) is 26.1. The number of ether oxygens (including phenoxy) is 5. The summed E-state index contributed by atoms with van der Waals surface area (Å²) in [7, 11) is -2.12. The summed E-state index contributed by atoms with van der Waals surface area (Å²) in [5.41, 5.74) is 3.28. The van der Waals surface area contributed by atoms with Crippen LogP contribution in [0.2, 0.25) is 37.8 Å². The predicted molar refractivity (Wildman–Crippen MR) is 148 cm³/mol. The van der Waals surface area contributed by atoms with Gasteiger partial charge < -0.3 is 33.2 Å². The predicted octanol–water partition coefficient (Wildman–Crippen LogP) is 4.72. The molecule has 0 spiro atoms. The Morgan fingerprint density at radius 2 is 1.72 bits per heavy atom. The lowest BCUT2D eigenvalue weighted by molar-refractivity contribution is -0.127. The Bertz CT molecular complexity index is 757. The van der Waals surface area contributed by atoms with Gasteiger partial charge in [0.25, 0.3) is 0 Å². The highest BCUT2D eigenvalue weighted by atomic mass is 28.4. The van der Waals surface area contributed by atoms with Crippen LogP contribution in [0.3, 0.4) is 0 Å². The first-order valence-electron chi connectivity index (χ1n) is 13.2. The number of methoxy groups -OCH3 is 1. The van der Waals surface area contributed by atoms with Crippen molar-refractivity contribution in [2.45, 2.75) is 115 Å². The van der Waals surface area contributed by atoms with Gasteiger partial charge in [0.05, 0.1) is 25.4 Å². The van der Waals surface area contributed by atoms with E-state index in [1.54, 1.807) is 7.11 Å². The molecule has 0 bridgehead atoms. The van der Waals surface area contributed by atoms with Crippen LogP contribution in [0.5, 0.6) is 0 Å². The standard InChI is InChI=1S/C27H50O7Si2/c1-20(17-25-30-14-15-31-25)11-12-22(32-19-29-5)26-24(34-36(9,10)27(2,3)4)18-23(33-26)21(28)13-16-35(6,7)8/h11-12,20-26,28H,14-15,17-19H2,1-10H3/b12-11+/t20-,21+,22+,23+,24-,26-/m0/s1. The van der Waals surface area contributed by atoms with Gasteiger partial charge in [0, 0.05) is 20.0 Å². The second-order valence-corrected chi connectivity index (χ2v) is 22.1. The third-order valence-corrected chi connectivity index (χ3v) is 12.3. The average molecular weight is 543 g/mol. The Morgan fingerprint density at radius 1 is 1.08 bits per heavy atom. The first-order valence-corrected chi connectivity index (χ1v) is 19.6. The number of aliphatic hydroxyl groups is 1.